The Labute approximate surface area is 145 Å². The second-order valence-corrected chi connectivity index (χ2v) is 7.86. The van der Waals surface area contributed by atoms with Gasteiger partial charge in [0.2, 0.25) is 0 Å². The quantitative estimate of drug-likeness (QED) is 0.688. The molecule has 1 aliphatic rings. The summed E-state index contributed by atoms with van der Waals surface area (Å²) in [6, 6.07) is -0.194. The van der Waals surface area contributed by atoms with Gasteiger partial charge in [0.15, 0.2) is 0 Å². The van der Waals surface area contributed by atoms with E-state index in [1.54, 1.807) is 4.90 Å². The minimum atomic E-state index is -0.756. The second-order valence-electron chi connectivity index (χ2n) is 7.86. The monoisotopic (exact) mass is 343 g/mol. The van der Waals surface area contributed by atoms with Crippen LogP contribution in [-0.2, 0) is 19.0 Å². The van der Waals surface area contributed by atoms with E-state index in [4.69, 9.17) is 14.2 Å². The van der Waals surface area contributed by atoms with Crippen molar-refractivity contribution < 1.29 is 23.8 Å². The average Bonchev–Trinajstić information content (AvgIpc) is 2.76. The van der Waals surface area contributed by atoms with Gasteiger partial charge in [0.05, 0.1) is 26.2 Å². The Morgan fingerprint density at radius 1 is 1.33 bits per heavy atom. The molecule has 0 N–H and O–H groups in total. The Morgan fingerprint density at radius 3 is 2.46 bits per heavy atom. The Hall–Kier alpha value is -1.30. The molecule has 1 heterocycles. The maximum atomic E-state index is 12.7. The van der Waals surface area contributed by atoms with Crippen molar-refractivity contribution in [2.45, 2.75) is 84.6 Å². The summed E-state index contributed by atoms with van der Waals surface area (Å²) in [4.78, 5) is 26.2. The molecule has 0 radical (unpaired) electrons. The van der Waals surface area contributed by atoms with E-state index in [2.05, 4.69) is 6.92 Å². The van der Waals surface area contributed by atoms with Crippen LogP contribution < -0.4 is 0 Å². The zero-order valence-electron chi connectivity index (χ0n) is 16.2. The van der Waals surface area contributed by atoms with Gasteiger partial charge < -0.3 is 14.2 Å². The lowest BCUT2D eigenvalue weighted by atomic mass is 9.90. The number of nitrogens with zero attached hydrogens (tertiary/aromatic N) is 1. The summed E-state index contributed by atoms with van der Waals surface area (Å²) in [6.07, 6.45) is 2.73. The Bertz CT molecular complexity index is 441. The summed E-state index contributed by atoms with van der Waals surface area (Å²) in [5.74, 6) is -0.267. The van der Waals surface area contributed by atoms with Gasteiger partial charge >= 0.3 is 12.1 Å². The van der Waals surface area contributed by atoms with Crippen molar-refractivity contribution in [1.82, 2.24) is 4.90 Å². The van der Waals surface area contributed by atoms with Gasteiger partial charge in [0, 0.05) is 0 Å². The molecule has 6 heteroatoms. The minimum Gasteiger partial charge on any atom is -0.469 e. The molecule has 0 aromatic carbocycles. The van der Waals surface area contributed by atoms with Gasteiger partial charge in [-0.2, -0.15) is 0 Å². The van der Waals surface area contributed by atoms with Crippen LogP contribution in [0.1, 0.15) is 67.2 Å². The van der Waals surface area contributed by atoms with Crippen molar-refractivity contribution >= 4 is 12.1 Å². The molecule has 24 heavy (non-hydrogen) atoms. The first-order valence-electron chi connectivity index (χ1n) is 8.75. The smallest absolute Gasteiger partial charge is 0.412 e. The second kappa shape index (κ2) is 8.19. The van der Waals surface area contributed by atoms with Gasteiger partial charge in [0.1, 0.15) is 11.3 Å². The third-order valence-electron chi connectivity index (χ3n) is 4.24. The molecule has 0 aromatic heterocycles. The molecule has 1 amide bonds. The van der Waals surface area contributed by atoms with E-state index in [0.29, 0.717) is 6.61 Å². The van der Waals surface area contributed by atoms with Crippen molar-refractivity contribution in [3.8, 4) is 0 Å². The number of carbonyl (C=O) groups is 2. The van der Waals surface area contributed by atoms with Gasteiger partial charge in [-0.15, -0.1) is 0 Å². The summed E-state index contributed by atoms with van der Waals surface area (Å²) >= 11 is 0. The van der Waals surface area contributed by atoms with E-state index in [0.717, 1.165) is 19.3 Å². The van der Waals surface area contributed by atoms with Gasteiger partial charge in [0.25, 0.3) is 0 Å². The predicted molar refractivity (Wildman–Crippen MR) is 91.5 cm³/mol. The van der Waals surface area contributed by atoms with Crippen LogP contribution in [0.2, 0.25) is 0 Å². The number of amides is 1. The van der Waals surface area contributed by atoms with Crippen LogP contribution in [0.15, 0.2) is 0 Å². The fourth-order valence-electron chi connectivity index (χ4n) is 3.04. The van der Waals surface area contributed by atoms with Crippen LogP contribution in [0.4, 0.5) is 4.79 Å². The van der Waals surface area contributed by atoms with E-state index in [1.807, 2.05) is 34.6 Å². The first-order valence-corrected chi connectivity index (χ1v) is 8.75. The topological polar surface area (TPSA) is 65.1 Å². The van der Waals surface area contributed by atoms with Gasteiger partial charge in [-0.25, -0.2) is 4.79 Å². The largest absolute Gasteiger partial charge is 0.469 e. The molecular formula is C18H33NO5. The Morgan fingerprint density at radius 2 is 1.96 bits per heavy atom. The lowest BCUT2D eigenvalue weighted by molar-refractivity contribution is -0.142. The fourth-order valence-corrected chi connectivity index (χ4v) is 3.04. The fraction of sp³-hybridized carbons (Fsp3) is 0.889. The molecule has 0 aliphatic carbocycles. The number of unbranched alkanes of at least 4 members (excludes halogenated alkanes) is 1. The SMILES string of the molecule is CCCC[C@@H](CC(=O)OC)[C@@H]1COC(C)(C)N1C(=O)OC(C)(C)C. The number of carbonyl (C=O) groups excluding carboxylic acids is 2. The van der Waals surface area contributed by atoms with Gasteiger partial charge in [-0.3, -0.25) is 9.69 Å². The van der Waals surface area contributed by atoms with Crippen molar-refractivity contribution in [1.29, 1.82) is 0 Å². The summed E-state index contributed by atoms with van der Waals surface area (Å²) in [5, 5.41) is 0. The lowest BCUT2D eigenvalue weighted by Crippen LogP contribution is -2.52. The van der Waals surface area contributed by atoms with E-state index < -0.39 is 17.4 Å². The van der Waals surface area contributed by atoms with Crippen molar-refractivity contribution in [2.75, 3.05) is 13.7 Å². The molecule has 1 aliphatic heterocycles. The van der Waals surface area contributed by atoms with Crippen LogP contribution in [0.3, 0.4) is 0 Å². The van der Waals surface area contributed by atoms with Crippen LogP contribution in [0.25, 0.3) is 0 Å². The predicted octanol–water partition coefficient (Wildman–Crippen LogP) is 3.73. The number of methoxy groups -OCH3 is 1. The summed E-state index contributed by atoms with van der Waals surface area (Å²) in [5.41, 5.74) is -1.34. The lowest BCUT2D eigenvalue weighted by Gasteiger charge is -2.37. The molecular weight excluding hydrogens is 310 g/mol. The average molecular weight is 343 g/mol. The van der Waals surface area contributed by atoms with Crippen LogP contribution in [-0.4, -0.2) is 48.0 Å². The first kappa shape index (κ1) is 20.7. The number of ether oxygens (including phenoxy) is 3. The van der Waals surface area contributed by atoms with Crippen molar-refractivity contribution in [3.63, 3.8) is 0 Å². The number of hydrogen-bond donors (Lipinski definition) is 0. The summed E-state index contributed by atoms with van der Waals surface area (Å²) in [7, 11) is 1.39. The van der Waals surface area contributed by atoms with E-state index >= 15 is 0 Å². The maximum absolute atomic E-state index is 12.7. The summed E-state index contributed by atoms with van der Waals surface area (Å²) in [6.45, 7) is 11.7. The van der Waals surface area contributed by atoms with E-state index in [1.165, 1.54) is 7.11 Å². The Kier molecular flexibility index (Phi) is 7.08. The van der Waals surface area contributed by atoms with Crippen LogP contribution in [0.5, 0.6) is 0 Å². The molecule has 140 valence electrons. The zero-order valence-corrected chi connectivity index (χ0v) is 16.2. The molecule has 6 nitrogen and oxygen atoms in total. The molecule has 0 saturated carbocycles. The van der Waals surface area contributed by atoms with Crippen molar-refractivity contribution in [2.24, 2.45) is 5.92 Å². The van der Waals surface area contributed by atoms with Crippen LogP contribution >= 0.6 is 0 Å². The molecule has 0 unspecified atom stereocenters. The third kappa shape index (κ3) is 5.65. The zero-order chi connectivity index (χ0) is 18.5. The van der Waals surface area contributed by atoms with Gasteiger partial charge in [-0.05, 0) is 47.0 Å². The normalized spacial score (nSPS) is 21.5. The molecule has 2 atom stereocenters. The third-order valence-corrected chi connectivity index (χ3v) is 4.24. The molecule has 1 saturated heterocycles. The van der Waals surface area contributed by atoms with E-state index in [-0.39, 0.29) is 24.3 Å². The van der Waals surface area contributed by atoms with Crippen LogP contribution in [0, 0.1) is 5.92 Å². The Balaban J connectivity index is 3.01. The minimum absolute atomic E-state index is 0.00769. The molecule has 1 fully saturated rings. The highest BCUT2D eigenvalue weighted by molar-refractivity contribution is 5.71. The first-order chi connectivity index (χ1) is 11.0. The highest BCUT2D eigenvalue weighted by Crippen LogP contribution is 2.35. The maximum Gasteiger partial charge on any atom is 0.412 e. The molecule has 0 spiro atoms. The highest BCUT2D eigenvalue weighted by atomic mass is 16.6. The molecule has 0 aromatic rings. The number of esters is 1. The van der Waals surface area contributed by atoms with Gasteiger partial charge in [-0.1, -0.05) is 19.8 Å². The molecule has 1 rings (SSSR count). The van der Waals surface area contributed by atoms with E-state index in [9.17, 15) is 9.59 Å². The van der Waals surface area contributed by atoms with Crippen molar-refractivity contribution in [3.05, 3.63) is 0 Å². The number of rotatable bonds is 6. The summed E-state index contributed by atoms with van der Waals surface area (Å²) < 4.78 is 16.2. The molecule has 0 bridgehead atoms. The standard InChI is InChI=1S/C18H33NO5/c1-8-9-10-13(11-15(20)22-7)14-12-23-18(5,6)19(14)16(21)24-17(2,3)4/h13-14H,8-12H2,1-7H3/t13-,14-/m0/s1. The highest BCUT2D eigenvalue weighted by Gasteiger charge is 2.48. The number of hydrogen-bond acceptors (Lipinski definition) is 5.